The van der Waals surface area contributed by atoms with Crippen molar-refractivity contribution in [2.24, 2.45) is 0 Å². The summed E-state index contributed by atoms with van der Waals surface area (Å²) in [5, 5.41) is 5.31. The van der Waals surface area contributed by atoms with Crippen LogP contribution in [-0.4, -0.2) is 23.3 Å². The number of rotatable bonds is 5. The molecule has 138 valence electrons. The van der Waals surface area contributed by atoms with Gasteiger partial charge < -0.3 is 10.2 Å². The largest absolute Gasteiger partial charge is 0.312 e. The summed E-state index contributed by atoms with van der Waals surface area (Å²) in [6, 6.07) is 11.3. The van der Waals surface area contributed by atoms with Gasteiger partial charge in [-0.2, -0.15) is 0 Å². The Hall–Kier alpha value is -2.22. The number of hydrogen-bond acceptors (Lipinski definition) is 5. The number of benzene rings is 1. The normalized spacial score (nSPS) is 14.0. The number of anilines is 2. The van der Waals surface area contributed by atoms with Gasteiger partial charge >= 0.3 is 0 Å². The summed E-state index contributed by atoms with van der Waals surface area (Å²) in [7, 11) is 0. The second-order valence-electron chi connectivity index (χ2n) is 6.18. The third kappa shape index (κ3) is 4.21. The van der Waals surface area contributed by atoms with E-state index in [1.165, 1.54) is 22.7 Å². The summed E-state index contributed by atoms with van der Waals surface area (Å²) < 4.78 is 0.711. The molecule has 27 heavy (non-hydrogen) atoms. The van der Waals surface area contributed by atoms with Gasteiger partial charge in [-0.3, -0.25) is 9.59 Å². The van der Waals surface area contributed by atoms with Gasteiger partial charge in [-0.1, -0.05) is 23.7 Å². The fraction of sp³-hybridized carbons (Fsp3) is 0.211. The molecule has 1 fully saturated rings. The van der Waals surface area contributed by atoms with Crippen LogP contribution in [0.25, 0.3) is 10.6 Å². The van der Waals surface area contributed by atoms with Crippen molar-refractivity contribution < 1.29 is 9.59 Å². The van der Waals surface area contributed by atoms with Crippen molar-refractivity contribution in [2.45, 2.75) is 19.3 Å². The van der Waals surface area contributed by atoms with Crippen LogP contribution in [0.2, 0.25) is 4.34 Å². The first-order chi connectivity index (χ1) is 13.1. The molecule has 8 heteroatoms. The Kier molecular flexibility index (Phi) is 5.24. The molecule has 1 aliphatic rings. The summed E-state index contributed by atoms with van der Waals surface area (Å²) in [5.41, 5.74) is 2.59. The Morgan fingerprint density at radius 1 is 1.22 bits per heavy atom. The summed E-state index contributed by atoms with van der Waals surface area (Å²) >= 11 is 8.80. The van der Waals surface area contributed by atoms with Crippen LogP contribution in [0.15, 0.2) is 41.8 Å². The number of thiophene rings is 1. The second-order valence-corrected chi connectivity index (χ2v) is 8.76. The van der Waals surface area contributed by atoms with E-state index in [4.69, 9.17) is 11.6 Å². The average molecular weight is 418 g/mol. The maximum absolute atomic E-state index is 12.3. The third-order valence-corrected chi connectivity index (χ3v) is 6.27. The maximum atomic E-state index is 12.3. The number of nitrogens with one attached hydrogen (secondary N) is 1. The predicted molar refractivity (Wildman–Crippen MR) is 111 cm³/mol. The van der Waals surface area contributed by atoms with Crippen LogP contribution >= 0.6 is 34.3 Å². The van der Waals surface area contributed by atoms with Gasteiger partial charge in [0.1, 0.15) is 0 Å². The monoisotopic (exact) mass is 417 g/mol. The number of nitrogens with zero attached hydrogens (tertiary/aromatic N) is 2. The Morgan fingerprint density at radius 2 is 2.04 bits per heavy atom. The van der Waals surface area contributed by atoms with Gasteiger partial charge in [0.05, 0.1) is 21.3 Å². The molecule has 1 saturated heterocycles. The van der Waals surface area contributed by atoms with E-state index in [9.17, 15) is 9.59 Å². The molecule has 1 N–H and O–H groups in total. The second kappa shape index (κ2) is 7.80. The van der Waals surface area contributed by atoms with Gasteiger partial charge in [-0.25, -0.2) is 4.98 Å². The lowest BCUT2D eigenvalue weighted by atomic mass is 10.1. The highest BCUT2D eigenvalue weighted by Crippen LogP contribution is 2.32. The zero-order chi connectivity index (χ0) is 18.8. The van der Waals surface area contributed by atoms with Crippen LogP contribution in [0.1, 0.15) is 18.4 Å². The molecular weight excluding hydrogens is 402 g/mol. The lowest BCUT2D eigenvalue weighted by Crippen LogP contribution is -2.23. The predicted octanol–water partition coefficient (Wildman–Crippen LogP) is 4.83. The van der Waals surface area contributed by atoms with Crippen molar-refractivity contribution >= 4 is 56.9 Å². The molecule has 0 atom stereocenters. The average Bonchev–Trinajstić information content (AvgIpc) is 3.37. The van der Waals surface area contributed by atoms with Crippen molar-refractivity contribution in [1.29, 1.82) is 0 Å². The Balaban J connectivity index is 1.37. The zero-order valence-electron chi connectivity index (χ0n) is 14.3. The van der Waals surface area contributed by atoms with Crippen LogP contribution < -0.4 is 10.2 Å². The number of carbonyl (C=O) groups is 2. The first-order valence-electron chi connectivity index (χ1n) is 8.49. The topological polar surface area (TPSA) is 62.3 Å². The summed E-state index contributed by atoms with van der Waals surface area (Å²) in [4.78, 5) is 31.3. The van der Waals surface area contributed by atoms with Crippen molar-refractivity contribution in [3.05, 3.63) is 51.7 Å². The molecule has 1 aliphatic heterocycles. The fourth-order valence-electron chi connectivity index (χ4n) is 2.96. The number of amides is 2. The lowest BCUT2D eigenvalue weighted by Gasteiger charge is -2.15. The Bertz CT molecular complexity index is 981. The van der Waals surface area contributed by atoms with Gasteiger partial charge in [0, 0.05) is 24.0 Å². The van der Waals surface area contributed by atoms with Crippen LogP contribution in [0.3, 0.4) is 0 Å². The van der Waals surface area contributed by atoms with Gasteiger partial charge in [0.25, 0.3) is 0 Å². The van der Waals surface area contributed by atoms with Crippen molar-refractivity contribution in [2.75, 3.05) is 16.8 Å². The molecule has 0 spiro atoms. The van der Waals surface area contributed by atoms with Crippen LogP contribution in [0.4, 0.5) is 10.8 Å². The van der Waals surface area contributed by atoms with Gasteiger partial charge in [0.2, 0.25) is 11.8 Å². The smallest absolute Gasteiger partial charge is 0.230 e. The van der Waals surface area contributed by atoms with E-state index in [1.54, 1.807) is 4.90 Å². The molecule has 0 radical (unpaired) electrons. The highest BCUT2D eigenvalue weighted by molar-refractivity contribution is 7.20. The number of halogens is 1. The molecule has 2 aromatic heterocycles. The Morgan fingerprint density at radius 3 is 2.70 bits per heavy atom. The highest BCUT2D eigenvalue weighted by atomic mass is 35.5. The molecule has 1 aromatic carbocycles. The van der Waals surface area contributed by atoms with E-state index >= 15 is 0 Å². The highest BCUT2D eigenvalue weighted by Gasteiger charge is 2.21. The third-order valence-electron chi connectivity index (χ3n) is 4.26. The van der Waals surface area contributed by atoms with Crippen molar-refractivity contribution in [3.63, 3.8) is 0 Å². The standard InChI is InChI=1S/C19H16ClN3O2S2/c20-16-8-7-15(27-16)14-11-26-19(21-14)22-17(24)10-12-3-5-13(6-4-12)23-9-1-2-18(23)25/h3-8,11H,1-2,9-10H2,(H,21,22,24). The van der Waals surface area contributed by atoms with Crippen LogP contribution in [0, 0.1) is 0 Å². The first kappa shape index (κ1) is 18.2. The van der Waals surface area contributed by atoms with E-state index in [0.717, 1.165) is 34.8 Å². The van der Waals surface area contributed by atoms with Crippen LogP contribution in [0.5, 0.6) is 0 Å². The molecule has 5 nitrogen and oxygen atoms in total. The number of thiazole rings is 1. The zero-order valence-corrected chi connectivity index (χ0v) is 16.7. The minimum absolute atomic E-state index is 0.120. The van der Waals surface area contributed by atoms with E-state index in [2.05, 4.69) is 10.3 Å². The molecule has 2 amide bonds. The molecular formula is C19H16ClN3O2S2. The lowest BCUT2D eigenvalue weighted by molar-refractivity contribution is -0.117. The molecule has 3 heterocycles. The van der Waals surface area contributed by atoms with Gasteiger partial charge in [-0.05, 0) is 36.2 Å². The van der Waals surface area contributed by atoms with Crippen molar-refractivity contribution in [3.8, 4) is 10.6 Å². The minimum Gasteiger partial charge on any atom is -0.312 e. The van der Waals surface area contributed by atoms with E-state index in [0.29, 0.717) is 15.9 Å². The SMILES string of the molecule is O=C(Cc1ccc(N2CCCC2=O)cc1)Nc1nc(-c2ccc(Cl)s2)cs1. The van der Waals surface area contributed by atoms with E-state index < -0.39 is 0 Å². The number of carbonyl (C=O) groups excluding carboxylic acids is 2. The van der Waals surface area contributed by atoms with Gasteiger partial charge in [-0.15, -0.1) is 22.7 Å². The summed E-state index contributed by atoms with van der Waals surface area (Å²) in [6.45, 7) is 0.764. The Labute approximate surface area is 169 Å². The molecule has 0 unspecified atom stereocenters. The molecule has 0 saturated carbocycles. The molecule has 0 aliphatic carbocycles. The first-order valence-corrected chi connectivity index (χ1v) is 10.6. The quantitative estimate of drug-likeness (QED) is 0.646. The maximum Gasteiger partial charge on any atom is 0.230 e. The van der Waals surface area contributed by atoms with Crippen molar-refractivity contribution in [1.82, 2.24) is 4.98 Å². The summed E-state index contributed by atoms with van der Waals surface area (Å²) in [6.07, 6.45) is 1.77. The fourth-order valence-corrected chi connectivity index (χ4v) is 4.77. The minimum atomic E-state index is -0.120. The van der Waals surface area contributed by atoms with E-state index in [-0.39, 0.29) is 18.2 Å². The molecule has 4 rings (SSSR count). The summed E-state index contributed by atoms with van der Waals surface area (Å²) in [5.74, 6) is 0.0391. The molecule has 3 aromatic rings. The number of aromatic nitrogens is 1. The van der Waals surface area contributed by atoms with Gasteiger partial charge in [0.15, 0.2) is 5.13 Å². The molecule has 0 bridgehead atoms. The van der Waals surface area contributed by atoms with Crippen LogP contribution in [-0.2, 0) is 16.0 Å². The number of hydrogen-bond donors (Lipinski definition) is 1. The van der Waals surface area contributed by atoms with E-state index in [1.807, 2.05) is 41.8 Å².